The van der Waals surface area contributed by atoms with Gasteiger partial charge in [0.2, 0.25) is 0 Å². The Morgan fingerprint density at radius 1 is 1.08 bits per heavy atom. The van der Waals surface area contributed by atoms with E-state index >= 15 is 0 Å². The molecule has 0 radical (unpaired) electrons. The van der Waals surface area contributed by atoms with Crippen LogP contribution in [0, 0.1) is 5.82 Å². The van der Waals surface area contributed by atoms with Crippen LogP contribution < -0.4 is 5.32 Å². The van der Waals surface area contributed by atoms with E-state index in [1.54, 1.807) is 12.1 Å². The van der Waals surface area contributed by atoms with Gasteiger partial charge in [-0.15, -0.1) is 37.2 Å². The number of hydrogen-bond donors (Lipinski definition) is 1. The van der Waals surface area contributed by atoms with Crippen LogP contribution in [0.4, 0.5) is 9.18 Å². The number of carbonyl (C=O) groups is 1. The topological polar surface area (TPSA) is 59.4 Å². The molecule has 1 aromatic heterocycles. The van der Waals surface area contributed by atoms with E-state index in [9.17, 15) is 9.18 Å². The molecule has 3 heterocycles. The van der Waals surface area contributed by atoms with Crippen molar-refractivity contribution in [3.8, 4) is 11.3 Å². The number of nitrogens with zero attached hydrogens (tertiary/aromatic N) is 3. The van der Waals surface area contributed by atoms with Gasteiger partial charge in [-0.05, 0) is 62.5 Å². The molecule has 0 spiro atoms. The second-order valence-corrected chi connectivity index (χ2v) is 9.73. The van der Waals surface area contributed by atoms with Gasteiger partial charge >= 0.3 is 6.09 Å². The Balaban J connectivity index is 0.00000169. The van der Waals surface area contributed by atoms with E-state index in [2.05, 4.69) is 9.88 Å². The lowest BCUT2D eigenvalue weighted by molar-refractivity contribution is 0.0893. The molecule has 0 aliphatic carbocycles. The zero-order chi connectivity index (χ0) is 24.2. The van der Waals surface area contributed by atoms with Gasteiger partial charge in [-0.25, -0.2) is 14.2 Å². The van der Waals surface area contributed by atoms with E-state index in [4.69, 9.17) is 21.3 Å². The van der Waals surface area contributed by atoms with E-state index in [-0.39, 0.29) is 61.0 Å². The summed E-state index contributed by atoms with van der Waals surface area (Å²) in [5.41, 5.74) is 2.54. The van der Waals surface area contributed by atoms with Crippen LogP contribution in [0.5, 0.6) is 0 Å². The van der Waals surface area contributed by atoms with Crippen molar-refractivity contribution in [1.29, 1.82) is 0 Å². The maximum absolute atomic E-state index is 13.7. The first-order chi connectivity index (χ1) is 17.1. The summed E-state index contributed by atoms with van der Waals surface area (Å²) in [4.78, 5) is 19.8. The summed E-state index contributed by atoms with van der Waals surface area (Å²) in [7, 11) is 0. The molecule has 2 aliphatic heterocycles. The van der Waals surface area contributed by atoms with E-state index in [1.807, 2.05) is 41.4 Å². The maximum atomic E-state index is 13.7. The highest BCUT2D eigenvalue weighted by molar-refractivity contribution is 6.31. The minimum atomic E-state index is -0.441. The molecular weight excluding hydrogens is 573 g/mol. The van der Waals surface area contributed by atoms with Crippen LogP contribution in [0.25, 0.3) is 11.3 Å². The molecule has 208 valence electrons. The van der Waals surface area contributed by atoms with Crippen molar-refractivity contribution in [3.05, 3.63) is 77.0 Å². The maximum Gasteiger partial charge on any atom is 0.410 e. The Kier molecular flexibility index (Phi) is 12.7. The molecular formula is C27H33Cl4FN4O2. The lowest BCUT2D eigenvalue weighted by Crippen LogP contribution is -2.39. The van der Waals surface area contributed by atoms with Crippen molar-refractivity contribution in [2.24, 2.45) is 0 Å². The number of nitrogens with one attached hydrogen (secondary N) is 1. The highest BCUT2D eigenvalue weighted by Gasteiger charge is 2.32. The predicted octanol–water partition coefficient (Wildman–Crippen LogP) is 6.88. The van der Waals surface area contributed by atoms with Crippen LogP contribution >= 0.6 is 48.8 Å². The molecule has 2 saturated heterocycles. The van der Waals surface area contributed by atoms with Gasteiger partial charge in [0.05, 0.1) is 16.8 Å². The molecule has 1 amide bonds. The number of ether oxygens (including phenoxy) is 1. The Bertz CT molecular complexity index is 1180. The Morgan fingerprint density at radius 3 is 2.53 bits per heavy atom. The molecule has 6 nitrogen and oxygen atoms in total. The molecule has 0 unspecified atom stereocenters. The molecule has 2 aliphatic rings. The zero-order valence-electron chi connectivity index (χ0n) is 20.9. The standard InChI is InChI=1S/C27H30ClFN4O2.3ClH/c28-23-15-21(8-9-24(23)29)25-17-32(26(31-25)20-10-12-30-13-11-20)16-22-7-4-14-33(22)27(34)35-18-19-5-2-1-3-6-19;;;/h1-3,5-6,8-9,15,17,20,22,30H,4,7,10-14,16,18H2;3*1H/t22-;;;/m1.../s1. The Hall–Kier alpha value is -2.03. The average molecular weight is 606 g/mol. The van der Waals surface area contributed by atoms with E-state index in [0.29, 0.717) is 19.0 Å². The van der Waals surface area contributed by atoms with Crippen LogP contribution in [0.2, 0.25) is 5.02 Å². The van der Waals surface area contributed by atoms with Crippen molar-refractivity contribution >= 4 is 54.9 Å². The number of aromatic nitrogens is 2. The molecule has 2 aromatic carbocycles. The fourth-order valence-corrected chi connectivity index (χ4v) is 5.25. The van der Waals surface area contributed by atoms with Gasteiger partial charge in [-0.2, -0.15) is 0 Å². The van der Waals surface area contributed by atoms with Gasteiger partial charge in [-0.1, -0.05) is 41.9 Å². The summed E-state index contributed by atoms with van der Waals surface area (Å²) in [6.07, 6.45) is 5.63. The first-order valence-electron chi connectivity index (χ1n) is 12.3. The number of imidazole rings is 1. The minimum Gasteiger partial charge on any atom is -0.445 e. The number of halogens is 5. The highest BCUT2D eigenvalue weighted by atomic mass is 35.5. The second-order valence-electron chi connectivity index (χ2n) is 9.32. The molecule has 38 heavy (non-hydrogen) atoms. The minimum absolute atomic E-state index is 0. The third-order valence-electron chi connectivity index (χ3n) is 6.95. The fraction of sp³-hybridized carbons (Fsp3) is 0.407. The Morgan fingerprint density at radius 2 is 1.82 bits per heavy atom. The van der Waals surface area contributed by atoms with Gasteiger partial charge in [0.15, 0.2) is 0 Å². The predicted molar refractivity (Wildman–Crippen MR) is 156 cm³/mol. The normalized spacial score (nSPS) is 17.2. The number of rotatable bonds is 6. The summed E-state index contributed by atoms with van der Waals surface area (Å²) in [5.74, 6) is 0.913. The van der Waals surface area contributed by atoms with E-state index in [0.717, 1.165) is 61.4 Å². The van der Waals surface area contributed by atoms with Gasteiger partial charge < -0.3 is 19.5 Å². The smallest absolute Gasteiger partial charge is 0.410 e. The first kappa shape index (κ1) is 32.2. The van der Waals surface area contributed by atoms with Crippen molar-refractivity contribution in [2.45, 2.75) is 50.8 Å². The van der Waals surface area contributed by atoms with Crippen molar-refractivity contribution in [2.75, 3.05) is 19.6 Å². The summed E-state index contributed by atoms with van der Waals surface area (Å²) in [5, 5.41) is 3.50. The van der Waals surface area contributed by atoms with Gasteiger partial charge in [0, 0.05) is 30.8 Å². The van der Waals surface area contributed by atoms with Gasteiger partial charge in [0.1, 0.15) is 18.2 Å². The van der Waals surface area contributed by atoms with Crippen LogP contribution in [0.1, 0.15) is 43.0 Å². The van der Waals surface area contributed by atoms with Gasteiger partial charge in [-0.3, -0.25) is 0 Å². The molecule has 5 rings (SSSR count). The van der Waals surface area contributed by atoms with E-state index in [1.165, 1.54) is 6.07 Å². The number of likely N-dealkylation sites (tertiary alicyclic amines) is 1. The third-order valence-corrected chi connectivity index (χ3v) is 7.24. The molecule has 0 bridgehead atoms. The number of carbonyl (C=O) groups excluding carboxylic acids is 1. The number of amides is 1. The lowest BCUT2D eigenvalue weighted by Gasteiger charge is -2.27. The van der Waals surface area contributed by atoms with Crippen molar-refractivity contribution in [1.82, 2.24) is 19.8 Å². The summed E-state index contributed by atoms with van der Waals surface area (Å²) in [6, 6.07) is 14.5. The molecule has 11 heteroatoms. The number of piperidine rings is 1. The summed E-state index contributed by atoms with van der Waals surface area (Å²) < 4.78 is 21.6. The summed E-state index contributed by atoms with van der Waals surface area (Å²) >= 11 is 6.05. The van der Waals surface area contributed by atoms with Crippen LogP contribution in [0.3, 0.4) is 0 Å². The van der Waals surface area contributed by atoms with E-state index < -0.39 is 5.82 Å². The number of benzene rings is 2. The Labute approximate surface area is 246 Å². The van der Waals surface area contributed by atoms with Crippen LogP contribution in [-0.2, 0) is 17.9 Å². The fourth-order valence-electron chi connectivity index (χ4n) is 5.07. The number of hydrogen-bond acceptors (Lipinski definition) is 4. The first-order valence-corrected chi connectivity index (χ1v) is 12.7. The largest absolute Gasteiger partial charge is 0.445 e. The second kappa shape index (κ2) is 14.9. The molecule has 3 aromatic rings. The average Bonchev–Trinajstić information content (AvgIpc) is 3.53. The molecule has 1 N–H and O–H groups in total. The van der Waals surface area contributed by atoms with Crippen molar-refractivity contribution < 1.29 is 13.9 Å². The third kappa shape index (κ3) is 7.54. The molecule has 0 saturated carbocycles. The summed E-state index contributed by atoms with van der Waals surface area (Å²) in [6.45, 7) is 3.52. The van der Waals surface area contributed by atoms with Gasteiger partial charge in [0.25, 0.3) is 0 Å². The zero-order valence-corrected chi connectivity index (χ0v) is 24.1. The van der Waals surface area contributed by atoms with Crippen molar-refractivity contribution in [3.63, 3.8) is 0 Å². The SMILES string of the molecule is Cl.Cl.Cl.O=C(OCc1ccccc1)N1CCC[C@@H]1Cn1cc(-c2ccc(F)c(Cl)c2)nc1C1CCNCC1. The van der Waals surface area contributed by atoms with Crippen LogP contribution in [0.15, 0.2) is 54.7 Å². The lowest BCUT2D eigenvalue weighted by atomic mass is 9.97. The quantitative estimate of drug-likeness (QED) is 0.333. The monoisotopic (exact) mass is 604 g/mol. The van der Waals surface area contributed by atoms with Crippen LogP contribution in [-0.4, -0.2) is 46.2 Å². The molecule has 2 fully saturated rings. The molecule has 1 atom stereocenters. The highest BCUT2D eigenvalue weighted by Crippen LogP contribution is 2.31.